The number of nitrogens with one attached hydrogen (secondary N) is 2. The van der Waals surface area contributed by atoms with E-state index in [-0.39, 0.29) is 12.1 Å². The van der Waals surface area contributed by atoms with Gasteiger partial charge in [-0.1, -0.05) is 19.1 Å². The molecule has 22 heavy (non-hydrogen) atoms. The fraction of sp³-hybridized carbons (Fsp3) is 0.588. The van der Waals surface area contributed by atoms with Crippen LogP contribution in [0.15, 0.2) is 24.3 Å². The first-order valence-electron chi connectivity index (χ1n) is 7.96. The third-order valence-corrected chi connectivity index (χ3v) is 4.34. The molecule has 0 radical (unpaired) electrons. The number of carbonyl (C=O) groups excluding carboxylic acids is 1. The predicted octanol–water partition coefficient (Wildman–Crippen LogP) is 2.40. The second-order valence-electron chi connectivity index (χ2n) is 5.97. The van der Waals surface area contributed by atoms with Crippen LogP contribution in [-0.4, -0.2) is 36.9 Å². The van der Waals surface area contributed by atoms with E-state index in [1.54, 1.807) is 7.11 Å². The van der Waals surface area contributed by atoms with Crippen molar-refractivity contribution in [2.75, 3.05) is 13.7 Å². The Labute approximate surface area is 132 Å². The maximum absolute atomic E-state index is 11.8. The van der Waals surface area contributed by atoms with Crippen molar-refractivity contribution in [3.05, 3.63) is 29.8 Å². The van der Waals surface area contributed by atoms with Crippen molar-refractivity contribution < 1.29 is 14.6 Å². The summed E-state index contributed by atoms with van der Waals surface area (Å²) >= 11 is 0. The second kappa shape index (κ2) is 8.03. The summed E-state index contributed by atoms with van der Waals surface area (Å²) in [5.41, 5.74) is 1.23. The van der Waals surface area contributed by atoms with Crippen LogP contribution in [-0.2, 0) is 0 Å². The van der Waals surface area contributed by atoms with E-state index in [0.717, 1.165) is 31.4 Å². The van der Waals surface area contributed by atoms with Crippen molar-refractivity contribution in [2.24, 2.45) is 0 Å². The van der Waals surface area contributed by atoms with Crippen molar-refractivity contribution in [1.82, 2.24) is 10.6 Å². The molecule has 0 bridgehead atoms. The van der Waals surface area contributed by atoms with Gasteiger partial charge in [0.05, 0.1) is 19.3 Å². The Balaban J connectivity index is 1.69. The molecule has 5 nitrogen and oxygen atoms in total. The Hall–Kier alpha value is -1.75. The van der Waals surface area contributed by atoms with E-state index in [0.29, 0.717) is 12.5 Å². The van der Waals surface area contributed by atoms with E-state index in [4.69, 9.17) is 4.74 Å². The quantitative estimate of drug-likeness (QED) is 0.756. The van der Waals surface area contributed by atoms with Crippen molar-refractivity contribution in [2.45, 2.75) is 50.7 Å². The highest BCUT2D eigenvalue weighted by atomic mass is 16.5. The number of methoxy groups -OCH3 is 1. The molecule has 1 fully saturated rings. The lowest BCUT2D eigenvalue weighted by atomic mass is 9.98. The van der Waals surface area contributed by atoms with Crippen LogP contribution in [0.1, 0.15) is 44.1 Å². The van der Waals surface area contributed by atoms with E-state index in [9.17, 15) is 9.90 Å². The van der Waals surface area contributed by atoms with Gasteiger partial charge in [-0.25, -0.2) is 4.79 Å². The lowest BCUT2D eigenvalue weighted by Gasteiger charge is -2.18. The number of aliphatic hydroxyl groups excluding tert-OH is 1. The zero-order valence-electron chi connectivity index (χ0n) is 13.3. The second-order valence-corrected chi connectivity index (χ2v) is 5.97. The molecule has 1 aromatic rings. The molecule has 3 atom stereocenters. The number of rotatable bonds is 6. The van der Waals surface area contributed by atoms with Crippen molar-refractivity contribution >= 4 is 6.03 Å². The largest absolute Gasteiger partial charge is 0.497 e. The van der Waals surface area contributed by atoms with Gasteiger partial charge < -0.3 is 20.5 Å². The van der Waals surface area contributed by atoms with E-state index >= 15 is 0 Å². The SMILES string of the molecule is COc1ccc([C@H](C)CCNC(=O)N[C@H]2CCC[C@@H]2O)cc1. The smallest absolute Gasteiger partial charge is 0.315 e. The highest BCUT2D eigenvalue weighted by molar-refractivity contribution is 5.74. The van der Waals surface area contributed by atoms with Gasteiger partial charge in [-0.3, -0.25) is 0 Å². The maximum Gasteiger partial charge on any atom is 0.315 e. The van der Waals surface area contributed by atoms with Gasteiger partial charge in [-0.05, 0) is 49.3 Å². The Morgan fingerprint density at radius 3 is 2.68 bits per heavy atom. The Morgan fingerprint density at radius 2 is 2.09 bits per heavy atom. The van der Waals surface area contributed by atoms with Crippen LogP contribution in [0.5, 0.6) is 5.75 Å². The van der Waals surface area contributed by atoms with Crippen LogP contribution in [0, 0.1) is 0 Å². The molecule has 2 amide bonds. The maximum atomic E-state index is 11.8. The van der Waals surface area contributed by atoms with Gasteiger partial charge in [0.1, 0.15) is 5.75 Å². The zero-order valence-corrected chi connectivity index (χ0v) is 13.3. The van der Waals surface area contributed by atoms with Gasteiger partial charge in [0.2, 0.25) is 0 Å². The minimum atomic E-state index is -0.399. The minimum Gasteiger partial charge on any atom is -0.497 e. The van der Waals surface area contributed by atoms with Gasteiger partial charge in [0, 0.05) is 6.54 Å². The molecular formula is C17H26N2O3. The lowest BCUT2D eigenvalue weighted by molar-refractivity contribution is 0.149. The third-order valence-electron chi connectivity index (χ3n) is 4.34. The van der Waals surface area contributed by atoms with Crippen molar-refractivity contribution in [3.8, 4) is 5.75 Å². The fourth-order valence-corrected chi connectivity index (χ4v) is 2.83. The number of ether oxygens (including phenoxy) is 1. The summed E-state index contributed by atoms with van der Waals surface area (Å²) in [6.45, 7) is 2.75. The first kappa shape index (κ1) is 16.6. The fourth-order valence-electron chi connectivity index (χ4n) is 2.83. The van der Waals surface area contributed by atoms with E-state index < -0.39 is 6.10 Å². The molecule has 3 N–H and O–H groups in total. The molecule has 0 heterocycles. The lowest BCUT2D eigenvalue weighted by Crippen LogP contribution is -2.45. The number of urea groups is 1. The molecule has 1 aliphatic carbocycles. The van der Waals surface area contributed by atoms with Crippen LogP contribution >= 0.6 is 0 Å². The summed E-state index contributed by atoms with van der Waals surface area (Å²) in [6, 6.07) is 7.73. The number of hydrogen-bond donors (Lipinski definition) is 3. The first-order valence-corrected chi connectivity index (χ1v) is 7.96. The van der Waals surface area contributed by atoms with E-state index in [1.807, 2.05) is 12.1 Å². The molecule has 0 aromatic heterocycles. The molecule has 1 aliphatic rings. The molecule has 122 valence electrons. The summed E-state index contributed by atoms with van der Waals surface area (Å²) in [6.07, 6.45) is 3.08. The summed E-state index contributed by atoms with van der Waals surface area (Å²) in [5.74, 6) is 1.21. The molecule has 1 aromatic carbocycles. The molecule has 1 saturated carbocycles. The van der Waals surface area contributed by atoms with Crippen LogP contribution in [0.25, 0.3) is 0 Å². The van der Waals surface area contributed by atoms with Gasteiger partial charge in [0.15, 0.2) is 0 Å². The monoisotopic (exact) mass is 306 g/mol. The Morgan fingerprint density at radius 1 is 1.36 bits per heavy atom. The minimum absolute atomic E-state index is 0.0981. The topological polar surface area (TPSA) is 70.6 Å². The highest BCUT2D eigenvalue weighted by Crippen LogP contribution is 2.21. The average molecular weight is 306 g/mol. The molecule has 0 saturated heterocycles. The van der Waals surface area contributed by atoms with E-state index in [1.165, 1.54) is 5.56 Å². The normalized spacial score (nSPS) is 22.1. The molecule has 0 aliphatic heterocycles. The van der Waals surface area contributed by atoms with Crippen LogP contribution in [0.4, 0.5) is 4.79 Å². The standard InChI is InChI=1S/C17H26N2O3/c1-12(13-6-8-14(22-2)9-7-13)10-11-18-17(21)19-15-4-3-5-16(15)20/h6-9,12,15-16,20H,3-5,10-11H2,1-2H3,(H2,18,19,21)/t12-,15+,16+/m1/s1. The van der Waals surface area contributed by atoms with Gasteiger partial charge in [0.25, 0.3) is 0 Å². The highest BCUT2D eigenvalue weighted by Gasteiger charge is 2.26. The molecule has 5 heteroatoms. The van der Waals surface area contributed by atoms with Gasteiger partial charge in [-0.2, -0.15) is 0 Å². The number of carbonyl (C=O) groups is 1. The molecule has 0 unspecified atom stereocenters. The number of hydrogen-bond acceptors (Lipinski definition) is 3. The number of benzene rings is 1. The molecular weight excluding hydrogens is 280 g/mol. The van der Waals surface area contributed by atoms with Crippen molar-refractivity contribution in [3.63, 3.8) is 0 Å². The summed E-state index contributed by atoms with van der Waals surface area (Å²) < 4.78 is 5.15. The van der Waals surface area contributed by atoms with Crippen molar-refractivity contribution in [1.29, 1.82) is 0 Å². The van der Waals surface area contributed by atoms with Crippen LogP contribution in [0.2, 0.25) is 0 Å². The number of aliphatic hydroxyl groups is 1. The third kappa shape index (κ3) is 4.63. The summed E-state index contributed by atoms with van der Waals surface area (Å²) in [5, 5.41) is 15.4. The van der Waals surface area contributed by atoms with Gasteiger partial charge >= 0.3 is 6.03 Å². The zero-order chi connectivity index (χ0) is 15.9. The molecule has 2 rings (SSSR count). The first-order chi connectivity index (χ1) is 10.6. The number of amides is 2. The summed E-state index contributed by atoms with van der Waals surface area (Å²) in [7, 11) is 1.66. The Bertz CT molecular complexity index is 475. The predicted molar refractivity (Wildman–Crippen MR) is 86.2 cm³/mol. The van der Waals surface area contributed by atoms with Gasteiger partial charge in [-0.15, -0.1) is 0 Å². The van der Waals surface area contributed by atoms with Crippen LogP contribution in [0.3, 0.4) is 0 Å². The average Bonchev–Trinajstić information content (AvgIpc) is 2.92. The van der Waals surface area contributed by atoms with Crippen LogP contribution < -0.4 is 15.4 Å². The molecule has 0 spiro atoms. The van der Waals surface area contributed by atoms with E-state index in [2.05, 4.69) is 29.7 Å². The summed E-state index contributed by atoms with van der Waals surface area (Å²) in [4.78, 5) is 11.8. The Kier molecular flexibility index (Phi) is 6.07.